The molecule has 0 bridgehead atoms. The number of nitrogens with zero attached hydrogens (tertiary/aromatic N) is 1. The van der Waals surface area contributed by atoms with Crippen LogP contribution < -0.4 is 10.2 Å². The van der Waals surface area contributed by atoms with Crippen molar-refractivity contribution in [3.63, 3.8) is 0 Å². The molecule has 36 heavy (non-hydrogen) atoms. The van der Waals surface area contributed by atoms with Crippen molar-refractivity contribution >= 4 is 35.3 Å². The predicted octanol–water partition coefficient (Wildman–Crippen LogP) is 6.62. The number of aryl methyl sites for hydroxylation is 1. The van der Waals surface area contributed by atoms with Gasteiger partial charge in [-0.25, -0.2) is 0 Å². The molecular weight excluding hydrogens is 485 g/mol. The lowest BCUT2D eigenvalue weighted by molar-refractivity contribution is -0.137. The average Bonchev–Trinajstić information content (AvgIpc) is 2.87. The number of likely N-dealkylation sites (N-methyl/N-ethyl adjacent to an activating group) is 1. The van der Waals surface area contributed by atoms with Gasteiger partial charge in [-0.05, 0) is 72.4 Å². The summed E-state index contributed by atoms with van der Waals surface area (Å²) in [6, 6.07) is 18.0. The highest BCUT2D eigenvalue weighted by Gasteiger charge is 2.31. The van der Waals surface area contributed by atoms with Gasteiger partial charge in [0.25, 0.3) is 11.8 Å². The van der Waals surface area contributed by atoms with Crippen LogP contribution in [0.2, 0.25) is 0 Å². The number of hydrogen-bond donors (Lipinski definition) is 1. The third kappa shape index (κ3) is 4.78. The average molecular weight is 509 g/mol. The van der Waals surface area contributed by atoms with Gasteiger partial charge < -0.3 is 10.2 Å². The van der Waals surface area contributed by atoms with Crippen molar-refractivity contribution in [1.82, 2.24) is 5.32 Å². The minimum atomic E-state index is -4.41. The molecule has 1 atom stereocenters. The fraction of sp³-hybridized carbons (Fsp3) is 0.214. The van der Waals surface area contributed by atoms with Crippen molar-refractivity contribution in [3.8, 4) is 0 Å². The molecule has 1 aliphatic carbocycles. The van der Waals surface area contributed by atoms with Crippen molar-refractivity contribution in [1.29, 1.82) is 0 Å². The van der Waals surface area contributed by atoms with Gasteiger partial charge in [0, 0.05) is 17.5 Å². The first kappa shape index (κ1) is 24.2. The lowest BCUT2D eigenvalue weighted by Gasteiger charge is -2.28. The first-order valence-corrected chi connectivity index (χ1v) is 12.4. The first-order valence-electron chi connectivity index (χ1n) is 11.6. The second-order valence-electron chi connectivity index (χ2n) is 8.89. The Balaban J connectivity index is 1.35. The van der Waals surface area contributed by atoms with Gasteiger partial charge in [0.1, 0.15) is 0 Å². The summed E-state index contributed by atoms with van der Waals surface area (Å²) in [7, 11) is 1.63. The Bertz CT molecular complexity index is 1370. The molecule has 1 aliphatic heterocycles. The molecule has 184 valence electrons. The molecule has 0 saturated heterocycles. The number of nitrogens with one attached hydrogen (secondary N) is 1. The van der Waals surface area contributed by atoms with E-state index in [9.17, 15) is 22.8 Å². The normalized spacial score (nSPS) is 18.6. The quantitative estimate of drug-likeness (QED) is 0.405. The Morgan fingerprint density at radius 2 is 1.83 bits per heavy atom. The summed E-state index contributed by atoms with van der Waals surface area (Å²) in [5, 5.41) is 3.14. The number of thioether (sulfide) groups is 1. The zero-order valence-electron chi connectivity index (χ0n) is 19.4. The second kappa shape index (κ2) is 9.50. The smallest absolute Gasteiger partial charge is 0.345 e. The highest BCUT2D eigenvalue weighted by Crippen LogP contribution is 2.42. The number of anilines is 1. The molecule has 8 heteroatoms. The fourth-order valence-corrected chi connectivity index (χ4v) is 5.69. The van der Waals surface area contributed by atoms with Gasteiger partial charge in [-0.1, -0.05) is 48.2 Å². The molecule has 4 nitrogen and oxygen atoms in total. The van der Waals surface area contributed by atoms with E-state index in [2.05, 4.69) is 17.4 Å². The Kier molecular flexibility index (Phi) is 6.38. The summed E-state index contributed by atoms with van der Waals surface area (Å²) >= 11 is 1.24. The van der Waals surface area contributed by atoms with E-state index < -0.39 is 11.7 Å². The maximum atomic E-state index is 13.1. The lowest BCUT2D eigenvalue weighted by atomic mass is 9.87. The van der Waals surface area contributed by atoms with Crippen molar-refractivity contribution < 1.29 is 22.8 Å². The predicted molar refractivity (Wildman–Crippen MR) is 135 cm³/mol. The SMILES string of the molecule is CN1C(=O)/C(=C/c2ccc(C(F)(F)F)cc2)Sc2ccc(C(=O)N[C@@H]3CCCc4ccccc43)cc21. The van der Waals surface area contributed by atoms with Crippen LogP contribution in [0.4, 0.5) is 18.9 Å². The third-order valence-electron chi connectivity index (χ3n) is 6.53. The second-order valence-corrected chi connectivity index (χ2v) is 9.98. The summed E-state index contributed by atoms with van der Waals surface area (Å²) in [6.45, 7) is 0. The number of carbonyl (C=O) groups is 2. The summed E-state index contributed by atoms with van der Waals surface area (Å²) in [5.41, 5.74) is 3.25. The number of hydrogen-bond acceptors (Lipinski definition) is 3. The number of alkyl halides is 3. The van der Waals surface area contributed by atoms with E-state index in [0.29, 0.717) is 21.7 Å². The Morgan fingerprint density at radius 3 is 2.58 bits per heavy atom. The molecule has 1 N–H and O–H groups in total. The minimum absolute atomic E-state index is 0.0505. The number of rotatable bonds is 3. The zero-order valence-corrected chi connectivity index (χ0v) is 20.2. The van der Waals surface area contributed by atoms with E-state index in [0.717, 1.165) is 41.9 Å². The molecule has 3 aromatic rings. The number of carbonyl (C=O) groups excluding carboxylic acids is 2. The van der Waals surface area contributed by atoms with Gasteiger partial charge in [-0.15, -0.1) is 0 Å². The van der Waals surface area contributed by atoms with Gasteiger partial charge in [-0.2, -0.15) is 13.2 Å². The number of fused-ring (bicyclic) bond motifs is 2. The minimum Gasteiger partial charge on any atom is -0.345 e. The number of amides is 2. The topological polar surface area (TPSA) is 49.4 Å². The van der Waals surface area contributed by atoms with E-state index in [4.69, 9.17) is 0 Å². The van der Waals surface area contributed by atoms with Crippen LogP contribution in [0, 0.1) is 0 Å². The molecule has 0 aromatic heterocycles. The van der Waals surface area contributed by atoms with Gasteiger partial charge >= 0.3 is 6.18 Å². The molecule has 0 fully saturated rings. The molecule has 1 heterocycles. The summed E-state index contributed by atoms with van der Waals surface area (Å²) < 4.78 is 38.5. The number of benzene rings is 3. The maximum Gasteiger partial charge on any atom is 0.416 e. The van der Waals surface area contributed by atoms with E-state index in [-0.39, 0.29) is 17.9 Å². The molecule has 3 aromatic carbocycles. The van der Waals surface area contributed by atoms with Gasteiger partial charge in [0.15, 0.2) is 0 Å². The molecule has 5 rings (SSSR count). The monoisotopic (exact) mass is 508 g/mol. The van der Waals surface area contributed by atoms with Gasteiger partial charge in [-0.3, -0.25) is 9.59 Å². The summed E-state index contributed by atoms with van der Waals surface area (Å²) in [6.07, 6.45) is 0.0558. The van der Waals surface area contributed by atoms with Crippen molar-refractivity contribution in [2.24, 2.45) is 0 Å². The molecule has 2 aliphatic rings. The van der Waals surface area contributed by atoms with Crippen LogP contribution in [-0.2, 0) is 17.4 Å². The number of halogens is 3. The summed E-state index contributed by atoms with van der Waals surface area (Å²) in [4.78, 5) is 28.7. The highest BCUT2D eigenvalue weighted by atomic mass is 32.2. The van der Waals surface area contributed by atoms with E-state index in [1.165, 1.54) is 34.4 Å². The van der Waals surface area contributed by atoms with E-state index >= 15 is 0 Å². The van der Waals surface area contributed by atoms with Crippen molar-refractivity contribution in [3.05, 3.63) is 99.5 Å². The molecule has 0 unspecified atom stereocenters. The largest absolute Gasteiger partial charge is 0.416 e. The first-order chi connectivity index (χ1) is 17.2. The zero-order chi connectivity index (χ0) is 25.4. The standard InChI is InChI=1S/C28H23F3N2O2S/c1-33-23-16-19(26(34)32-22-8-4-6-18-5-2-3-7-21(18)22)11-14-24(23)36-25(27(33)35)15-17-9-12-20(13-10-17)28(29,30)31/h2-3,5,7,9-16,22H,4,6,8H2,1H3,(H,32,34)/b25-15-/t22-/m1/s1. The molecule has 0 spiro atoms. The van der Waals surface area contributed by atoms with Crippen LogP contribution in [0.5, 0.6) is 0 Å². The van der Waals surface area contributed by atoms with Crippen LogP contribution in [0.1, 0.15) is 51.5 Å². The Morgan fingerprint density at radius 1 is 1.08 bits per heavy atom. The molecular formula is C28H23F3N2O2S. The van der Waals surface area contributed by atoms with Crippen LogP contribution >= 0.6 is 11.8 Å². The van der Waals surface area contributed by atoms with Crippen LogP contribution in [-0.4, -0.2) is 18.9 Å². The fourth-order valence-electron chi connectivity index (χ4n) is 4.60. The highest BCUT2D eigenvalue weighted by molar-refractivity contribution is 8.04. The lowest BCUT2D eigenvalue weighted by Crippen LogP contribution is -2.32. The molecule has 2 amide bonds. The van der Waals surface area contributed by atoms with Gasteiger partial charge in [0.2, 0.25) is 0 Å². The van der Waals surface area contributed by atoms with Crippen LogP contribution in [0.25, 0.3) is 6.08 Å². The van der Waals surface area contributed by atoms with Gasteiger partial charge in [0.05, 0.1) is 22.2 Å². The Hall–Kier alpha value is -3.52. The van der Waals surface area contributed by atoms with Crippen molar-refractivity contribution in [2.45, 2.75) is 36.4 Å². The maximum absolute atomic E-state index is 13.1. The molecule has 0 radical (unpaired) electrons. The van der Waals surface area contributed by atoms with Crippen LogP contribution in [0.3, 0.4) is 0 Å². The van der Waals surface area contributed by atoms with Crippen molar-refractivity contribution in [2.75, 3.05) is 11.9 Å². The van der Waals surface area contributed by atoms with Crippen LogP contribution in [0.15, 0.2) is 76.5 Å². The third-order valence-corrected chi connectivity index (χ3v) is 7.61. The molecule has 0 saturated carbocycles. The summed E-state index contributed by atoms with van der Waals surface area (Å²) in [5.74, 6) is -0.484. The van der Waals surface area contributed by atoms with E-state index in [1.807, 2.05) is 12.1 Å². The Labute approximate surface area is 211 Å². The van der Waals surface area contributed by atoms with E-state index in [1.54, 1.807) is 31.3 Å².